The first-order valence-electron chi connectivity index (χ1n) is 15.9. The molecule has 228 valence electrons. The van der Waals surface area contributed by atoms with Gasteiger partial charge in [0.1, 0.15) is 6.04 Å². The molecule has 43 heavy (non-hydrogen) atoms. The number of nitrogens with one attached hydrogen (secondary N) is 2. The minimum absolute atomic E-state index is 0.0299. The molecule has 1 aromatic heterocycles. The van der Waals surface area contributed by atoms with Gasteiger partial charge in [0.25, 0.3) is 0 Å². The monoisotopic (exact) mass is 583 g/mol. The van der Waals surface area contributed by atoms with Gasteiger partial charge < -0.3 is 25.0 Å². The smallest absolute Gasteiger partial charge is 0.318 e. The Labute approximate surface area is 254 Å². The molecule has 1 aliphatic heterocycles. The predicted molar refractivity (Wildman–Crippen MR) is 169 cm³/mol. The molecule has 2 heterocycles. The van der Waals surface area contributed by atoms with Crippen molar-refractivity contribution < 1.29 is 14.4 Å². The van der Waals surface area contributed by atoms with Gasteiger partial charge in [-0.3, -0.25) is 9.59 Å². The topological polar surface area (TPSA) is 88.7 Å². The lowest BCUT2D eigenvalue weighted by atomic mass is 9.73. The van der Waals surface area contributed by atoms with Gasteiger partial charge in [-0.2, -0.15) is 0 Å². The number of carbonyl (C=O) groups excluding carboxylic acids is 3. The molecular formula is C35H45N5O3. The molecule has 3 aliphatic rings. The Hall–Kier alpha value is -3.81. The SMILES string of the molecule is CN(C)C(=O)C1CC2(CCN(C(=O)C(Cc3c[nH]c4ccccc34)NC(=O)N(C)C3CCCCC3)CC2)c2ccccc21. The molecule has 4 amide bonds. The van der Waals surface area contributed by atoms with Crippen LogP contribution in [0, 0.1) is 0 Å². The van der Waals surface area contributed by atoms with Crippen molar-refractivity contribution in [2.24, 2.45) is 0 Å². The number of piperidine rings is 1. The van der Waals surface area contributed by atoms with Gasteiger partial charge in [-0.05, 0) is 54.9 Å². The number of hydrogen-bond acceptors (Lipinski definition) is 3. The van der Waals surface area contributed by atoms with Crippen molar-refractivity contribution in [2.75, 3.05) is 34.2 Å². The minimum Gasteiger partial charge on any atom is -0.361 e. The fourth-order valence-electron chi connectivity index (χ4n) is 7.88. The third kappa shape index (κ3) is 5.64. The standard InChI is InChI=1S/C35H45N5O3/c1-38(2)32(41)28-22-35(29-15-9-7-14-27(28)29)17-19-40(20-18-35)33(42)31(21-24-23-36-30-16-10-8-13-26(24)30)37-34(43)39(3)25-11-5-4-6-12-25/h7-10,13-16,23,25,28,31,36H,4-6,11-12,17-22H2,1-3H3,(H,37,43). The van der Waals surface area contributed by atoms with E-state index in [9.17, 15) is 14.4 Å². The summed E-state index contributed by atoms with van der Waals surface area (Å²) >= 11 is 0. The number of amides is 4. The molecule has 2 fully saturated rings. The number of hydrogen-bond donors (Lipinski definition) is 2. The van der Waals surface area contributed by atoms with Gasteiger partial charge in [0.15, 0.2) is 0 Å². The first-order chi connectivity index (χ1) is 20.8. The summed E-state index contributed by atoms with van der Waals surface area (Å²) in [5, 5.41) is 4.23. The Kier molecular flexibility index (Phi) is 8.21. The van der Waals surface area contributed by atoms with Gasteiger partial charge in [0, 0.05) is 69.2 Å². The average Bonchev–Trinajstić information content (AvgIpc) is 3.59. The van der Waals surface area contributed by atoms with Gasteiger partial charge >= 0.3 is 6.03 Å². The highest BCUT2D eigenvalue weighted by atomic mass is 16.2. The van der Waals surface area contributed by atoms with Crippen molar-refractivity contribution in [3.63, 3.8) is 0 Å². The van der Waals surface area contributed by atoms with Crippen LogP contribution in [-0.4, -0.2) is 83.8 Å². The van der Waals surface area contributed by atoms with E-state index in [0.717, 1.165) is 67.0 Å². The van der Waals surface area contributed by atoms with Gasteiger partial charge in [-0.15, -0.1) is 0 Å². The first kappa shape index (κ1) is 29.3. The van der Waals surface area contributed by atoms with Crippen molar-refractivity contribution in [1.29, 1.82) is 0 Å². The van der Waals surface area contributed by atoms with Crippen LogP contribution >= 0.6 is 0 Å². The molecule has 1 spiro atoms. The number of rotatable bonds is 6. The lowest BCUT2D eigenvalue weighted by molar-refractivity contribution is -0.135. The van der Waals surface area contributed by atoms with Crippen molar-refractivity contribution in [3.8, 4) is 0 Å². The largest absolute Gasteiger partial charge is 0.361 e. The second-order valence-electron chi connectivity index (χ2n) is 13.2. The summed E-state index contributed by atoms with van der Waals surface area (Å²) in [6, 6.07) is 15.8. The summed E-state index contributed by atoms with van der Waals surface area (Å²) < 4.78 is 0. The molecule has 3 aromatic rings. The number of fused-ring (bicyclic) bond motifs is 3. The van der Waals surface area contributed by atoms with Crippen LogP contribution in [-0.2, 0) is 21.4 Å². The van der Waals surface area contributed by atoms with Crippen LogP contribution in [0.25, 0.3) is 10.9 Å². The van der Waals surface area contributed by atoms with Crippen molar-refractivity contribution in [2.45, 2.75) is 81.2 Å². The molecule has 1 saturated heterocycles. The Bertz CT molecular complexity index is 1480. The van der Waals surface area contributed by atoms with Gasteiger partial charge in [-0.1, -0.05) is 61.7 Å². The normalized spacial score (nSPS) is 20.5. The first-order valence-corrected chi connectivity index (χ1v) is 15.9. The maximum Gasteiger partial charge on any atom is 0.318 e. The zero-order valence-electron chi connectivity index (χ0n) is 25.8. The van der Waals surface area contributed by atoms with E-state index in [1.54, 1.807) is 4.90 Å². The van der Waals surface area contributed by atoms with Crippen LogP contribution < -0.4 is 5.32 Å². The van der Waals surface area contributed by atoms with Crippen LogP contribution in [0.4, 0.5) is 4.79 Å². The van der Waals surface area contributed by atoms with E-state index in [2.05, 4.69) is 34.6 Å². The molecule has 0 radical (unpaired) electrons. The molecular weight excluding hydrogens is 538 g/mol. The number of likely N-dealkylation sites (tertiary alicyclic amines) is 1. The number of para-hydroxylation sites is 1. The summed E-state index contributed by atoms with van der Waals surface area (Å²) in [5.74, 6) is -0.0261. The number of H-pyrrole nitrogens is 1. The highest BCUT2D eigenvalue weighted by Crippen LogP contribution is 2.52. The molecule has 8 heteroatoms. The fourth-order valence-corrected chi connectivity index (χ4v) is 7.88. The Balaban J connectivity index is 1.21. The third-order valence-electron chi connectivity index (χ3n) is 10.4. The quantitative estimate of drug-likeness (QED) is 0.419. The van der Waals surface area contributed by atoms with Crippen LogP contribution in [0.1, 0.15) is 74.0 Å². The molecule has 0 bridgehead atoms. The number of aromatic nitrogens is 1. The lowest BCUT2D eigenvalue weighted by Gasteiger charge is -2.41. The molecule has 2 aromatic carbocycles. The Morgan fingerprint density at radius 2 is 1.67 bits per heavy atom. The van der Waals surface area contributed by atoms with Crippen LogP contribution in [0.3, 0.4) is 0 Å². The van der Waals surface area contributed by atoms with E-state index in [4.69, 9.17) is 0 Å². The molecule has 6 rings (SSSR count). The van der Waals surface area contributed by atoms with Gasteiger partial charge in [0.2, 0.25) is 11.8 Å². The molecule has 2 aliphatic carbocycles. The predicted octanol–water partition coefficient (Wildman–Crippen LogP) is 5.19. The third-order valence-corrected chi connectivity index (χ3v) is 10.4. The Morgan fingerprint density at radius 3 is 2.42 bits per heavy atom. The van der Waals surface area contributed by atoms with Crippen LogP contribution in [0.5, 0.6) is 0 Å². The summed E-state index contributed by atoms with van der Waals surface area (Å²) in [5.41, 5.74) is 4.34. The second kappa shape index (κ2) is 12.1. The lowest BCUT2D eigenvalue weighted by Crippen LogP contribution is -2.56. The number of aromatic amines is 1. The number of benzene rings is 2. The van der Waals surface area contributed by atoms with E-state index in [1.807, 2.05) is 61.4 Å². The van der Waals surface area contributed by atoms with Crippen molar-refractivity contribution in [3.05, 3.63) is 71.4 Å². The van der Waals surface area contributed by atoms with E-state index < -0.39 is 6.04 Å². The number of carbonyl (C=O) groups is 3. The number of nitrogens with zero attached hydrogens (tertiary/aromatic N) is 3. The van der Waals surface area contributed by atoms with Crippen LogP contribution in [0.2, 0.25) is 0 Å². The minimum atomic E-state index is -0.661. The molecule has 2 unspecified atom stereocenters. The fraction of sp³-hybridized carbons (Fsp3) is 0.514. The maximum atomic E-state index is 14.2. The summed E-state index contributed by atoms with van der Waals surface area (Å²) in [7, 11) is 5.52. The van der Waals surface area contributed by atoms with E-state index in [1.165, 1.54) is 12.0 Å². The van der Waals surface area contributed by atoms with E-state index >= 15 is 0 Å². The summed E-state index contributed by atoms with van der Waals surface area (Å²) in [6.07, 6.45) is 10.3. The zero-order chi connectivity index (χ0) is 30.1. The van der Waals surface area contributed by atoms with E-state index in [-0.39, 0.29) is 35.2 Å². The summed E-state index contributed by atoms with van der Waals surface area (Å²) in [6.45, 7) is 1.21. The van der Waals surface area contributed by atoms with Crippen molar-refractivity contribution in [1.82, 2.24) is 25.0 Å². The molecule has 8 nitrogen and oxygen atoms in total. The van der Waals surface area contributed by atoms with Gasteiger partial charge in [-0.25, -0.2) is 4.79 Å². The zero-order valence-corrected chi connectivity index (χ0v) is 25.8. The van der Waals surface area contributed by atoms with E-state index in [0.29, 0.717) is 19.5 Å². The Morgan fingerprint density at radius 1 is 0.977 bits per heavy atom. The second-order valence-corrected chi connectivity index (χ2v) is 13.2. The maximum absolute atomic E-state index is 14.2. The molecule has 2 N–H and O–H groups in total. The number of urea groups is 1. The van der Waals surface area contributed by atoms with Crippen LogP contribution in [0.15, 0.2) is 54.7 Å². The molecule has 1 saturated carbocycles. The highest BCUT2D eigenvalue weighted by Gasteiger charge is 2.48. The summed E-state index contributed by atoms with van der Waals surface area (Å²) in [4.78, 5) is 49.7. The average molecular weight is 584 g/mol. The van der Waals surface area contributed by atoms with Gasteiger partial charge in [0.05, 0.1) is 5.92 Å². The van der Waals surface area contributed by atoms with Crippen molar-refractivity contribution >= 4 is 28.7 Å². The molecule has 2 atom stereocenters. The highest BCUT2D eigenvalue weighted by molar-refractivity contribution is 5.90. The number of likely N-dealkylation sites (N-methyl/N-ethyl adjacent to an activating group) is 1.